The van der Waals surface area contributed by atoms with Crippen molar-refractivity contribution < 1.29 is 0 Å². The lowest BCUT2D eigenvalue weighted by atomic mass is 9.97. The third-order valence-corrected chi connectivity index (χ3v) is 2.08. The quantitative estimate of drug-likeness (QED) is 0.599. The molecule has 1 rings (SSSR count). The minimum Gasteiger partial charge on any atom is -0.329 e. The monoisotopic (exact) mass is 166 g/mol. The molecule has 0 amide bonds. The third-order valence-electron chi connectivity index (χ3n) is 2.08. The van der Waals surface area contributed by atoms with Gasteiger partial charge in [0.2, 0.25) is 0 Å². The van der Waals surface area contributed by atoms with Crippen LogP contribution in [0.4, 0.5) is 0 Å². The summed E-state index contributed by atoms with van der Waals surface area (Å²) in [4.78, 5) is 0. The topological polar surface area (TPSA) is 38.0 Å². The molecule has 0 heterocycles. The molecule has 1 aliphatic rings. The van der Waals surface area contributed by atoms with Crippen molar-refractivity contribution in [1.82, 2.24) is 5.32 Å². The number of allylic oxidation sites excluding steroid dienone is 4. The minimum atomic E-state index is 0.736. The fourth-order valence-electron chi connectivity index (χ4n) is 1.36. The highest BCUT2D eigenvalue weighted by molar-refractivity contribution is 5.10. The van der Waals surface area contributed by atoms with Crippen molar-refractivity contribution in [3.63, 3.8) is 0 Å². The molecule has 0 fully saturated rings. The lowest BCUT2D eigenvalue weighted by Crippen LogP contribution is -2.24. The van der Waals surface area contributed by atoms with Gasteiger partial charge in [0.05, 0.1) is 0 Å². The molecule has 0 saturated carbocycles. The third kappa shape index (κ3) is 3.69. The van der Waals surface area contributed by atoms with Gasteiger partial charge >= 0.3 is 0 Å². The van der Waals surface area contributed by atoms with Crippen molar-refractivity contribution in [3.05, 3.63) is 24.3 Å². The lowest BCUT2D eigenvalue weighted by Gasteiger charge is -2.12. The summed E-state index contributed by atoms with van der Waals surface area (Å²) in [5.41, 5.74) is 5.36. The van der Waals surface area contributed by atoms with Gasteiger partial charge in [0, 0.05) is 13.1 Å². The second-order valence-corrected chi connectivity index (χ2v) is 3.14. The molecule has 0 bridgehead atoms. The standard InChI is InChI=1S/C10H18N2/c11-7-9-12-8-6-10-4-2-1-3-5-10/h1-4,10,12H,5-9,11H2. The Labute approximate surface area is 74.5 Å². The predicted octanol–water partition coefficient (Wildman–Crippen LogP) is 1.06. The number of hydrogen-bond donors (Lipinski definition) is 2. The van der Waals surface area contributed by atoms with Crippen LogP contribution >= 0.6 is 0 Å². The van der Waals surface area contributed by atoms with Crippen LogP contribution in [0, 0.1) is 5.92 Å². The molecule has 0 radical (unpaired) electrons. The van der Waals surface area contributed by atoms with E-state index in [9.17, 15) is 0 Å². The smallest absolute Gasteiger partial charge is 0.00745 e. The van der Waals surface area contributed by atoms with Crippen LogP contribution in [0.5, 0.6) is 0 Å². The van der Waals surface area contributed by atoms with E-state index in [4.69, 9.17) is 5.73 Å². The van der Waals surface area contributed by atoms with E-state index in [1.165, 1.54) is 12.8 Å². The second kappa shape index (κ2) is 5.98. The largest absolute Gasteiger partial charge is 0.329 e. The fraction of sp³-hybridized carbons (Fsp3) is 0.600. The van der Waals surface area contributed by atoms with Gasteiger partial charge in [-0.05, 0) is 25.3 Å². The Balaban J connectivity index is 2.00. The van der Waals surface area contributed by atoms with Crippen LogP contribution < -0.4 is 11.1 Å². The number of nitrogens with two attached hydrogens (primary N) is 1. The molecule has 1 unspecified atom stereocenters. The average Bonchev–Trinajstić information content (AvgIpc) is 2.14. The van der Waals surface area contributed by atoms with Crippen LogP contribution in [-0.2, 0) is 0 Å². The van der Waals surface area contributed by atoms with Crippen LogP contribution in [-0.4, -0.2) is 19.6 Å². The number of hydrogen-bond acceptors (Lipinski definition) is 2. The molecular formula is C10H18N2. The van der Waals surface area contributed by atoms with Crippen LogP contribution in [0.25, 0.3) is 0 Å². The van der Waals surface area contributed by atoms with Crippen LogP contribution in [0.2, 0.25) is 0 Å². The summed E-state index contributed by atoms with van der Waals surface area (Å²) in [6.45, 7) is 2.76. The van der Waals surface area contributed by atoms with E-state index in [-0.39, 0.29) is 0 Å². The second-order valence-electron chi connectivity index (χ2n) is 3.14. The molecule has 1 aliphatic carbocycles. The van der Waals surface area contributed by atoms with Gasteiger partial charge in [-0.1, -0.05) is 24.3 Å². The van der Waals surface area contributed by atoms with E-state index in [1.54, 1.807) is 0 Å². The zero-order chi connectivity index (χ0) is 8.65. The average molecular weight is 166 g/mol. The molecule has 0 aromatic carbocycles. The molecule has 0 aliphatic heterocycles. The molecule has 0 spiro atoms. The Morgan fingerprint density at radius 1 is 1.33 bits per heavy atom. The normalized spacial score (nSPS) is 21.6. The van der Waals surface area contributed by atoms with Gasteiger partial charge in [-0.15, -0.1) is 0 Å². The summed E-state index contributed by atoms with van der Waals surface area (Å²) < 4.78 is 0. The van der Waals surface area contributed by atoms with Crippen molar-refractivity contribution in [3.8, 4) is 0 Å². The number of rotatable bonds is 5. The van der Waals surface area contributed by atoms with Crippen LogP contribution in [0.3, 0.4) is 0 Å². The highest BCUT2D eigenvalue weighted by Gasteiger charge is 2.03. The maximum absolute atomic E-state index is 5.36. The van der Waals surface area contributed by atoms with Crippen molar-refractivity contribution in [1.29, 1.82) is 0 Å². The van der Waals surface area contributed by atoms with E-state index in [1.807, 2.05) is 0 Å². The Morgan fingerprint density at radius 3 is 2.92 bits per heavy atom. The summed E-state index contributed by atoms with van der Waals surface area (Å²) in [5.74, 6) is 0.736. The highest BCUT2D eigenvalue weighted by atomic mass is 14.9. The molecule has 3 N–H and O–H groups in total. The fourth-order valence-corrected chi connectivity index (χ4v) is 1.36. The Kier molecular flexibility index (Phi) is 4.73. The molecule has 0 aromatic heterocycles. The van der Waals surface area contributed by atoms with E-state index < -0.39 is 0 Å². The Hall–Kier alpha value is -0.600. The maximum atomic E-state index is 5.36. The lowest BCUT2D eigenvalue weighted by molar-refractivity contribution is 0.548. The SMILES string of the molecule is NCCNCCC1C=CC=CC1. The Bertz CT molecular complexity index is 161. The van der Waals surface area contributed by atoms with Gasteiger partial charge in [-0.3, -0.25) is 0 Å². The highest BCUT2D eigenvalue weighted by Crippen LogP contribution is 2.14. The van der Waals surface area contributed by atoms with Crippen molar-refractivity contribution in [2.75, 3.05) is 19.6 Å². The van der Waals surface area contributed by atoms with Crippen molar-refractivity contribution in [2.24, 2.45) is 11.7 Å². The van der Waals surface area contributed by atoms with E-state index in [0.29, 0.717) is 0 Å². The molecule has 1 atom stereocenters. The summed E-state index contributed by atoms with van der Waals surface area (Å²) in [7, 11) is 0. The van der Waals surface area contributed by atoms with Crippen LogP contribution in [0.1, 0.15) is 12.8 Å². The zero-order valence-electron chi connectivity index (χ0n) is 7.50. The summed E-state index contributed by atoms with van der Waals surface area (Å²) in [5, 5.41) is 3.30. The van der Waals surface area contributed by atoms with Gasteiger partial charge in [0.1, 0.15) is 0 Å². The van der Waals surface area contributed by atoms with Crippen molar-refractivity contribution in [2.45, 2.75) is 12.8 Å². The van der Waals surface area contributed by atoms with Gasteiger partial charge in [0.15, 0.2) is 0 Å². The first-order valence-corrected chi connectivity index (χ1v) is 4.67. The molecular weight excluding hydrogens is 148 g/mol. The van der Waals surface area contributed by atoms with Gasteiger partial charge in [-0.25, -0.2) is 0 Å². The molecule has 68 valence electrons. The summed E-state index contributed by atoms with van der Waals surface area (Å²) in [6.07, 6.45) is 11.2. The molecule has 2 heteroatoms. The Morgan fingerprint density at radius 2 is 2.25 bits per heavy atom. The predicted molar refractivity (Wildman–Crippen MR) is 52.9 cm³/mol. The first-order valence-electron chi connectivity index (χ1n) is 4.67. The molecule has 12 heavy (non-hydrogen) atoms. The zero-order valence-corrected chi connectivity index (χ0v) is 7.50. The number of nitrogens with one attached hydrogen (secondary N) is 1. The molecule has 0 aromatic rings. The van der Waals surface area contributed by atoms with Crippen LogP contribution in [0.15, 0.2) is 24.3 Å². The van der Waals surface area contributed by atoms with E-state index >= 15 is 0 Å². The molecule has 0 saturated heterocycles. The van der Waals surface area contributed by atoms with Crippen molar-refractivity contribution >= 4 is 0 Å². The summed E-state index contributed by atoms with van der Waals surface area (Å²) in [6, 6.07) is 0. The first-order chi connectivity index (χ1) is 5.93. The first kappa shape index (κ1) is 9.49. The van der Waals surface area contributed by atoms with E-state index in [2.05, 4.69) is 29.6 Å². The maximum Gasteiger partial charge on any atom is 0.00745 e. The minimum absolute atomic E-state index is 0.736. The van der Waals surface area contributed by atoms with Gasteiger partial charge in [0.25, 0.3) is 0 Å². The van der Waals surface area contributed by atoms with E-state index in [0.717, 1.165) is 25.6 Å². The van der Waals surface area contributed by atoms with Gasteiger partial charge < -0.3 is 11.1 Å². The molecule has 2 nitrogen and oxygen atoms in total. The van der Waals surface area contributed by atoms with Gasteiger partial charge in [-0.2, -0.15) is 0 Å². The summed E-state index contributed by atoms with van der Waals surface area (Å²) >= 11 is 0.